The Bertz CT molecular complexity index is 320. The molecule has 1 heterocycles. The van der Waals surface area contributed by atoms with Crippen molar-refractivity contribution < 1.29 is 4.79 Å². The summed E-state index contributed by atoms with van der Waals surface area (Å²) in [7, 11) is 0. The average Bonchev–Trinajstić information content (AvgIpc) is 2.53. The average molecular weight is 209 g/mol. The Balaban J connectivity index is 2.50. The maximum absolute atomic E-state index is 11.5. The molecule has 0 bridgehead atoms. The Morgan fingerprint density at radius 1 is 1.50 bits per heavy atom. The van der Waals surface area contributed by atoms with Gasteiger partial charge < -0.3 is 5.32 Å². The van der Waals surface area contributed by atoms with Crippen LogP contribution in [0.25, 0.3) is 0 Å². The lowest BCUT2D eigenvalue weighted by Gasteiger charge is -2.18. The van der Waals surface area contributed by atoms with Gasteiger partial charge in [-0.3, -0.25) is 4.79 Å². The van der Waals surface area contributed by atoms with Crippen LogP contribution in [0.1, 0.15) is 31.1 Å². The van der Waals surface area contributed by atoms with E-state index in [2.05, 4.69) is 5.32 Å². The Kier molecular flexibility index (Phi) is 3.47. The van der Waals surface area contributed by atoms with E-state index in [1.165, 1.54) is 11.3 Å². The van der Waals surface area contributed by atoms with E-state index in [4.69, 9.17) is 0 Å². The number of carbonyl (C=O) groups excluding carboxylic acids is 1. The number of ketones is 1. The van der Waals surface area contributed by atoms with Crippen LogP contribution in [-0.2, 0) is 0 Å². The Morgan fingerprint density at radius 3 is 2.71 bits per heavy atom. The van der Waals surface area contributed by atoms with Crippen LogP contribution in [0.3, 0.4) is 0 Å². The van der Waals surface area contributed by atoms with Gasteiger partial charge in [0.2, 0.25) is 0 Å². The molecule has 76 valence electrons. The van der Waals surface area contributed by atoms with Gasteiger partial charge >= 0.3 is 0 Å². The topological polar surface area (TPSA) is 29.1 Å². The zero-order chi connectivity index (χ0) is 10.6. The van der Waals surface area contributed by atoms with Crippen LogP contribution >= 0.6 is 11.3 Å². The lowest BCUT2D eigenvalue weighted by atomic mass is 10.1. The highest BCUT2D eigenvalue weighted by atomic mass is 32.1. The van der Waals surface area contributed by atoms with E-state index in [1.54, 1.807) is 12.3 Å². The highest BCUT2D eigenvalue weighted by Crippen LogP contribution is 2.07. The third-order valence-electron chi connectivity index (χ3n) is 1.56. The van der Waals surface area contributed by atoms with Gasteiger partial charge in [0, 0.05) is 28.8 Å². The van der Waals surface area contributed by atoms with Crippen LogP contribution in [0.15, 0.2) is 29.1 Å². The van der Waals surface area contributed by atoms with Crippen LogP contribution in [0.4, 0.5) is 0 Å². The lowest BCUT2D eigenvalue weighted by Crippen LogP contribution is -2.31. The maximum atomic E-state index is 11.5. The maximum Gasteiger partial charge on any atom is 0.188 e. The normalized spacial score (nSPS) is 11.9. The fraction of sp³-hybridized carbons (Fsp3) is 0.364. The van der Waals surface area contributed by atoms with E-state index in [9.17, 15) is 4.79 Å². The summed E-state index contributed by atoms with van der Waals surface area (Å²) in [6.45, 7) is 6.14. The largest absolute Gasteiger partial charge is 0.386 e. The third-order valence-corrected chi connectivity index (χ3v) is 2.24. The molecule has 0 spiro atoms. The molecule has 0 saturated heterocycles. The number of nitrogens with one attached hydrogen (secondary N) is 1. The zero-order valence-corrected chi connectivity index (χ0v) is 9.52. The number of rotatable bonds is 3. The molecule has 0 fully saturated rings. The highest BCUT2D eigenvalue weighted by Gasteiger charge is 2.05. The van der Waals surface area contributed by atoms with Gasteiger partial charge in [-0.2, -0.15) is 11.3 Å². The van der Waals surface area contributed by atoms with Crippen molar-refractivity contribution in [3.8, 4) is 0 Å². The summed E-state index contributed by atoms with van der Waals surface area (Å²) < 4.78 is 0. The van der Waals surface area contributed by atoms with E-state index in [-0.39, 0.29) is 11.3 Å². The molecule has 0 aliphatic rings. The summed E-state index contributed by atoms with van der Waals surface area (Å²) in [4.78, 5) is 11.5. The van der Waals surface area contributed by atoms with Crippen LogP contribution in [-0.4, -0.2) is 11.3 Å². The molecule has 0 atom stereocenters. The van der Waals surface area contributed by atoms with Crippen molar-refractivity contribution in [3.63, 3.8) is 0 Å². The molecule has 1 rings (SSSR count). The zero-order valence-electron chi connectivity index (χ0n) is 8.70. The van der Waals surface area contributed by atoms with Gasteiger partial charge in [0.25, 0.3) is 0 Å². The van der Waals surface area contributed by atoms with Crippen molar-refractivity contribution in [3.05, 3.63) is 34.7 Å². The van der Waals surface area contributed by atoms with E-state index in [0.29, 0.717) is 0 Å². The van der Waals surface area contributed by atoms with Crippen LogP contribution < -0.4 is 5.32 Å². The summed E-state index contributed by atoms with van der Waals surface area (Å²) in [5, 5.41) is 6.87. The monoisotopic (exact) mass is 209 g/mol. The Hall–Kier alpha value is -1.09. The van der Waals surface area contributed by atoms with E-state index < -0.39 is 0 Å². The first kappa shape index (κ1) is 11.0. The van der Waals surface area contributed by atoms with Crippen molar-refractivity contribution in [1.29, 1.82) is 0 Å². The smallest absolute Gasteiger partial charge is 0.188 e. The van der Waals surface area contributed by atoms with Gasteiger partial charge in [-0.1, -0.05) is 0 Å². The SMILES string of the molecule is CC(C)(C)N/C=C\C(=O)c1ccsc1. The fourth-order valence-electron chi connectivity index (χ4n) is 0.868. The number of hydrogen-bond donors (Lipinski definition) is 1. The molecule has 14 heavy (non-hydrogen) atoms. The number of allylic oxidation sites excluding steroid dienone is 1. The molecule has 0 radical (unpaired) electrons. The van der Waals surface area contributed by atoms with Crippen molar-refractivity contribution >= 4 is 17.1 Å². The first-order valence-corrected chi connectivity index (χ1v) is 5.44. The first-order valence-electron chi connectivity index (χ1n) is 4.50. The molecule has 3 heteroatoms. The molecule has 0 aliphatic heterocycles. The minimum absolute atomic E-state index is 0.00538. The summed E-state index contributed by atoms with van der Waals surface area (Å²) in [5.41, 5.74) is 0.757. The standard InChI is InChI=1S/C11H15NOS/c1-11(2,3)12-6-4-10(13)9-5-7-14-8-9/h4-8,12H,1-3H3/b6-4-. The van der Waals surface area contributed by atoms with Crippen LogP contribution in [0.5, 0.6) is 0 Å². The van der Waals surface area contributed by atoms with Gasteiger partial charge in [-0.05, 0) is 32.2 Å². The third kappa shape index (κ3) is 3.75. The van der Waals surface area contributed by atoms with Crippen molar-refractivity contribution in [2.24, 2.45) is 0 Å². The second kappa shape index (κ2) is 4.42. The summed E-state index contributed by atoms with van der Waals surface area (Å²) in [6.07, 6.45) is 3.27. The number of thiophene rings is 1. The second-order valence-electron chi connectivity index (χ2n) is 4.10. The molecule has 0 amide bonds. The number of carbonyl (C=O) groups is 1. The molecule has 1 aromatic heterocycles. The van der Waals surface area contributed by atoms with Gasteiger partial charge in [-0.15, -0.1) is 0 Å². The molecule has 1 aromatic rings. The molecule has 2 nitrogen and oxygen atoms in total. The molecule has 1 N–H and O–H groups in total. The molecule has 0 saturated carbocycles. The fourth-order valence-corrected chi connectivity index (χ4v) is 1.51. The molecule has 0 aromatic carbocycles. The van der Waals surface area contributed by atoms with Crippen molar-refractivity contribution in [1.82, 2.24) is 5.32 Å². The van der Waals surface area contributed by atoms with Gasteiger partial charge in [0.15, 0.2) is 5.78 Å². The summed E-state index contributed by atoms with van der Waals surface area (Å²) in [6, 6.07) is 1.83. The molecular weight excluding hydrogens is 194 g/mol. The highest BCUT2D eigenvalue weighted by molar-refractivity contribution is 7.08. The van der Waals surface area contributed by atoms with E-state index >= 15 is 0 Å². The quantitative estimate of drug-likeness (QED) is 0.612. The van der Waals surface area contributed by atoms with Crippen LogP contribution in [0, 0.1) is 0 Å². The minimum atomic E-state index is 0.00538. The Morgan fingerprint density at radius 2 is 2.21 bits per heavy atom. The summed E-state index contributed by atoms with van der Waals surface area (Å²) in [5.74, 6) is 0.0444. The van der Waals surface area contributed by atoms with Gasteiger partial charge in [0.1, 0.15) is 0 Å². The van der Waals surface area contributed by atoms with Crippen molar-refractivity contribution in [2.45, 2.75) is 26.3 Å². The number of hydrogen-bond acceptors (Lipinski definition) is 3. The van der Waals surface area contributed by atoms with Crippen molar-refractivity contribution in [2.75, 3.05) is 0 Å². The summed E-state index contributed by atoms with van der Waals surface area (Å²) >= 11 is 1.53. The van der Waals surface area contributed by atoms with E-state index in [1.807, 2.05) is 37.6 Å². The predicted molar refractivity (Wildman–Crippen MR) is 60.7 cm³/mol. The van der Waals surface area contributed by atoms with Crippen LogP contribution in [0.2, 0.25) is 0 Å². The van der Waals surface area contributed by atoms with Gasteiger partial charge in [-0.25, -0.2) is 0 Å². The molecule has 0 unspecified atom stereocenters. The minimum Gasteiger partial charge on any atom is -0.386 e. The second-order valence-corrected chi connectivity index (χ2v) is 4.88. The van der Waals surface area contributed by atoms with Gasteiger partial charge in [0.05, 0.1) is 0 Å². The lowest BCUT2D eigenvalue weighted by molar-refractivity contribution is 0.104. The first-order chi connectivity index (χ1) is 6.49. The Labute approximate surface area is 88.6 Å². The molecular formula is C11H15NOS. The predicted octanol–water partition coefficient (Wildman–Crippen LogP) is 2.83. The molecule has 0 aliphatic carbocycles. The van der Waals surface area contributed by atoms with E-state index in [0.717, 1.165) is 5.56 Å².